The lowest BCUT2D eigenvalue weighted by molar-refractivity contribution is 0.0947. The van der Waals surface area contributed by atoms with Crippen molar-refractivity contribution in [3.8, 4) is 0 Å². The molecule has 0 spiro atoms. The first-order valence-electron chi connectivity index (χ1n) is 13.6. The second-order valence-corrected chi connectivity index (χ2v) is 13.1. The molecular formula is C28H37N5O3S2. The van der Waals surface area contributed by atoms with Crippen molar-refractivity contribution in [3.05, 3.63) is 53.6 Å². The SMILES string of the molecule is CCC1CCCCN1S(=O)(=O)c1ccc(C(=O)NCCN2CCN(c3nc4ccc(C)cc4s3)CC2)cc1. The van der Waals surface area contributed by atoms with E-state index in [4.69, 9.17) is 4.98 Å². The van der Waals surface area contributed by atoms with E-state index in [0.29, 0.717) is 18.7 Å². The molecule has 10 heteroatoms. The summed E-state index contributed by atoms with van der Waals surface area (Å²) in [6.07, 6.45) is 3.69. The van der Waals surface area contributed by atoms with Crippen LogP contribution in [0.5, 0.6) is 0 Å². The Morgan fingerprint density at radius 1 is 1.05 bits per heavy atom. The van der Waals surface area contributed by atoms with Crippen LogP contribution in [0.25, 0.3) is 10.2 Å². The zero-order valence-corrected chi connectivity index (χ0v) is 23.9. The molecule has 2 aromatic carbocycles. The lowest BCUT2D eigenvalue weighted by atomic mass is 10.0. The van der Waals surface area contributed by atoms with E-state index in [0.717, 1.165) is 69.1 Å². The topological polar surface area (TPSA) is 85.8 Å². The van der Waals surface area contributed by atoms with Crippen LogP contribution in [0.2, 0.25) is 0 Å². The molecule has 0 saturated carbocycles. The number of hydrogen-bond acceptors (Lipinski definition) is 7. The summed E-state index contributed by atoms with van der Waals surface area (Å²) in [5, 5.41) is 4.06. The number of aromatic nitrogens is 1. The number of nitrogens with one attached hydrogen (secondary N) is 1. The zero-order chi connectivity index (χ0) is 26.7. The number of carbonyl (C=O) groups is 1. The van der Waals surface area contributed by atoms with Crippen LogP contribution in [0, 0.1) is 6.92 Å². The lowest BCUT2D eigenvalue weighted by Gasteiger charge is -2.34. The molecule has 1 atom stereocenters. The Bertz CT molecular complexity index is 1360. The molecule has 3 aromatic rings. The summed E-state index contributed by atoms with van der Waals surface area (Å²) < 4.78 is 29.2. The average Bonchev–Trinajstić information content (AvgIpc) is 3.36. The summed E-state index contributed by atoms with van der Waals surface area (Å²) in [6.45, 7) is 9.71. The summed E-state index contributed by atoms with van der Waals surface area (Å²) in [4.78, 5) is 22.5. The Kier molecular flexibility index (Phi) is 8.32. The number of rotatable bonds is 8. The van der Waals surface area contributed by atoms with Gasteiger partial charge >= 0.3 is 0 Å². The van der Waals surface area contributed by atoms with Gasteiger partial charge in [0.1, 0.15) is 0 Å². The van der Waals surface area contributed by atoms with E-state index in [9.17, 15) is 13.2 Å². The van der Waals surface area contributed by atoms with Crippen LogP contribution >= 0.6 is 11.3 Å². The summed E-state index contributed by atoms with van der Waals surface area (Å²) >= 11 is 1.75. The number of piperazine rings is 1. The Labute approximate surface area is 229 Å². The number of nitrogens with zero attached hydrogens (tertiary/aromatic N) is 4. The van der Waals surface area contributed by atoms with Crippen molar-refractivity contribution in [2.24, 2.45) is 0 Å². The van der Waals surface area contributed by atoms with Crippen molar-refractivity contribution in [2.75, 3.05) is 50.7 Å². The molecule has 1 amide bonds. The molecule has 0 radical (unpaired) electrons. The maximum Gasteiger partial charge on any atom is 0.251 e. The first kappa shape index (κ1) is 27.1. The van der Waals surface area contributed by atoms with Gasteiger partial charge in [-0.3, -0.25) is 9.69 Å². The van der Waals surface area contributed by atoms with Crippen molar-refractivity contribution in [1.82, 2.24) is 19.5 Å². The Balaban J connectivity index is 1.09. The second-order valence-electron chi connectivity index (χ2n) is 10.3. The van der Waals surface area contributed by atoms with Crippen LogP contribution in [0.3, 0.4) is 0 Å². The van der Waals surface area contributed by atoms with Crippen LogP contribution in [0.15, 0.2) is 47.4 Å². The number of thiazole rings is 1. The number of aryl methyl sites for hydroxylation is 1. The fourth-order valence-electron chi connectivity index (χ4n) is 5.36. The molecule has 3 heterocycles. The quantitative estimate of drug-likeness (QED) is 0.450. The lowest BCUT2D eigenvalue weighted by Crippen LogP contribution is -2.48. The van der Waals surface area contributed by atoms with Gasteiger partial charge in [0.25, 0.3) is 5.91 Å². The molecule has 5 rings (SSSR count). The normalized spacial score (nSPS) is 19.6. The monoisotopic (exact) mass is 555 g/mol. The van der Waals surface area contributed by atoms with Crippen molar-refractivity contribution in [3.63, 3.8) is 0 Å². The number of hydrogen-bond donors (Lipinski definition) is 1. The predicted molar refractivity (Wildman–Crippen MR) is 154 cm³/mol. The zero-order valence-electron chi connectivity index (χ0n) is 22.2. The Morgan fingerprint density at radius 3 is 2.55 bits per heavy atom. The molecule has 2 aliphatic rings. The van der Waals surface area contributed by atoms with Crippen LogP contribution < -0.4 is 10.2 Å². The highest BCUT2D eigenvalue weighted by atomic mass is 32.2. The van der Waals surface area contributed by atoms with Gasteiger partial charge in [-0.1, -0.05) is 30.7 Å². The standard InChI is InChI=1S/C28H37N5O3S2/c1-3-23-6-4-5-14-33(23)38(35,36)24-10-8-22(9-11-24)27(34)29-13-15-31-16-18-32(19-17-31)28-30-25-12-7-21(2)20-26(25)37-28/h7-12,20,23H,3-6,13-19H2,1-2H3,(H,29,34). The Morgan fingerprint density at radius 2 is 1.82 bits per heavy atom. The summed E-state index contributed by atoms with van der Waals surface area (Å²) in [5.74, 6) is -0.179. The minimum absolute atomic E-state index is 0.0593. The van der Waals surface area contributed by atoms with E-state index in [1.165, 1.54) is 10.3 Å². The number of benzene rings is 2. The molecule has 1 aromatic heterocycles. The average molecular weight is 556 g/mol. The third-order valence-electron chi connectivity index (χ3n) is 7.66. The van der Waals surface area contributed by atoms with Gasteiger partial charge in [0.15, 0.2) is 5.13 Å². The smallest absolute Gasteiger partial charge is 0.251 e. The van der Waals surface area contributed by atoms with Crippen molar-refractivity contribution in [2.45, 2.75) is 50.5 Å². The van der Waals surface area contributed by atoms with Gasteiger partial charge in [-0.25, -0.2) is 13.4 Å². The number of carbonyl (C=O) groups excluding carboxylic acids is 1. The first-order chi connectivity index (χ1) is 18.3. The van der Waals surface area contributed by atoms with E-state index in [1.54, 1.807) is 39.9 Å². The van der Waals surface area contributed by atoms with Gasteiger partial charge < -0.3 is 10.2 Å². The van der Waals surface area contributed by atoms with E-state index in [1.807, 2.05) is 6.92 Å². The summed E-state index contributed by atoms with van der Waals surface area (Å²) in [7, 11) is -3.54. The van der Waals surface area contributed by atoms with Gasteiger partial charge in [0, 0.05) is 57.4 Å². The van der Waals surface area contributed by atoms with E-state index in [2.05, 4.69) is 40.2 Å². The van der Waals surface area contributed by atoms with Crippen molar-refractivity contribution >= 4 is 42.6 Å². The predicted octanol–water partition coefficient (Wildman–Crippen LogP) is 4.11. The van der Waals surface area contributed by atoms with Gasteiger partial charge in [-0.2, -0.15) is 4.31 Å². The summed E-state index contributed by atoms with van der Waals surface area (Å²) in [6, 6.07) is 12.8. The largest absolute Gasteiger partial charge is 0.351 e. The van der Waals surface area contributed by atoms with Crippen LogP contribution in [-0.4, -0.2) is 80.4 Å². The molecule has 8 nitrogen and oxygen atoms in total. The number of sulfonamides is 1. The molecule has 2 aliphatic heterocycles. The second kappa shape index (κ2) is 11.7. The molecule has 204 valence electrons. The number of amides is 1. The van der Waals surface area contributed by atoms with Crippen molar-refractivity contribution < 1.29 is 13.2 Å². The van der Waals surface area contributed by atoms with Gasteiger partial charge in [-0.15, -0.1) is 0 Å². The van der Waals surface area contributed by atoms with Crippen LogP contribution in [-0.2, 0) is 10.0 Å². The molecule has 1 unspecified atom stereocenters. The molecule has 1 N–H and O–H groups in total. The van der Waals surface area contributed by atoms with Crippen molar-refractivity contribution in [1.29, 1.82) is 0 Å². The van der Waals surface area contributed by atoms with E-state index in [-0.39, 0.29) is 16.8 Å². The third-order valence-corrected chi connectivity index (χ3v) is 10.7. The van der Waals surface area contributed by atoms with E-state index >= 15 is 0 Å². The fraction of sp³-hybridized carbons (Fsp3) is 0.500. The number of fused-ring (bicyclic) bond motifs is 1. The maximum atomic E-state index is 13.2. The highest BCUT2D eigenvalue weighted by molar-refractivity contribution is 7.89. The fourth-order valence-corrected chi connectivity index (χ4v) is 8.24. The van der Waals surface area contributed by atoms with E-state index < -0.39 is 10.0 Å². The maximum absolute atomic E-state index is 13.2. The minimum Gasteiger partial charge on any atom is -0.351 e. The molecule has 0 bridgehead atoms. The number of anilines is 1. The van der Waals surface area contributed by atoms with Crippen LogP contribution in [0.4, 0.5) is 5.13 Å². The van der Waals surface area contributed by atoms with Gasteiger partial charge in [0.05, 0.1) is 15.1 Å². The first-order valence-corrected chi connectivity index (χ1v) is 15.9. The molecule has 2 fully saturated rings. The third kappa shape index (κ3) is 5.88. The summed E-state index contributed by atoms with van der Waals surface area (Å²) in [5.41, 5.74) is 2.79. The highest BCUT2D eigenvalue weighted by Crippen LogP contribution is 2.30. The van der Waals surface area contributed by atoms with Gasteiger partial charge in [-0.05, 0) is 68.1 Å². The van der Waals surface area contributed by atoms with Gasteiger partial charge in [0.2, 0.25) is 10.0 Å². The Hall–Kier alpha value is -2.53. The minimum atomic E-state index is -3.54. The highest BCUT2D eigenvalue weighted by Gasteiger charge is 2.32. The van der Waals surface area contributed by atoms with Crippen LogP contribution in [0.1, 0.15) is 48.5 Å². The number of piperidine rings is 1. The molecule has 0 aliphatic carbocycles. The molecular weight excluding hydrogens is 518 g/mol. The molecule has 2 saturated heterocycles. The molecule has 38 heavy (non-hydrogen) atoms.